The summed E-state index contributed by atoms with van der Waals surface area (Å²) in [5, 5.41) is 7.16. The Morgan fingerprint density at radius 2 is 1.73 bits per heavy atom. The number of nitrogens with one attached hydrogen (secondary N) is 2. The summed E-state index contributed by atoms with van der Waals surface area (Å²) in [5.41, 5.74) is 5.21. The Bertz CT molecular complexity index is 776. The minimum absolute atomic E-state index is 0.148. The third-order valence-corrected chi connectivity index (χ3v) is 5.62. The van der Waals surface area contributed by atoms with E-state index in [-0.39, 0.29) is 5.41 Å². The Kier molecular flexibility index (Phi) is 5.05. The van der Waals surface area contributed by atoms with Crippen LogP contribution in [0.15, 0.2) is 53.5 Å². The fourth-order valence-electron chi connectivity index (χ4n) is 4.11. The first-order valence-electron chi connectivity index (χ1n) is 9.46. The van der Waals surface area contributed by atoms with Gasteiger partial charge in [0, 0.05) is 18.2 Å². The number of piperidine rings is 1. The number of hydrogen-bond donors (Lipinski definition) is 2. The molecule has 2 N–H and O–H groups in total. The third kappa shape index (κ3) is 3.53. The van der Waals surface area contributed by atoms with Crippen molar-refractivity contribution in [2.75, 3.05) is 25.5 Å². The minimum atomic E-state index is 0.148. The molecule has 2 aliphatic heterocycles. The molecule has 4 nitrogen and oxygen atoms in total. The van der Waals surface area contributed by atoms with Gasteiger partial charge in [-0.2, -0.15) is 0 Å². The normalized spacial score (nSPS) is 20.0. The van der Waals surface area contributed by atoms with Gasteiger partial charge in [0.05, 0.1) is 13.2 Å². The van der Waals surface area contributed by atoms with Crippen LogP contribution in [0.4, 0.5) is 5.69 Å². The number of rotatable bonds is 4. The maximum absolute atomic E-state index is 5.19. The molecular weight excluding hydrogens is 322 g/mol. The van der Waals surface area contributed by atoms with Crippen molar-refractivity contribution in [1.82, 2.24) is 5.32 Å². The number of benzene rings is 2. The van der Waals surface area contributed by atoms with E-state index in [0.717, 1.165) is 32.4 Å². The summed E-state index contributed by atoms with van der Waals surface area (Å²) in [4.78, 5) is 5.05. The van der Waals surface area contributed by atoms with E-state index in [2.05, 4.69) is 59.2 Å². The maximum atomic E-state index is 5.19. The zero-order chi connectivity index (χ0) is 17.8. The van der Waals surface area contributed by atoms with Gasteiger partial charge in [0.15, 0.2) is 0 Å². The van der Waals surface area contributed by atoms with Crippen LogP contribution in [-0.4, -0.2) is 26.0 Å². The summed E-state index contributed by atoms with van der Waals surface area (Å²) in [6, 6.07) is 17.2. The van der Waals surface area contributed by atoms with Crippen molar-refractivity contribution in [3.8, 4) is 0 Å². The molecule has 136 valence electrons. The smallest absolute Gasteiger partial charge is 0.108 e. The van der Waals surface area contributed by atoms with Gasteiger partial charge in [-0.1, -0.05) is 42.5 Å². The predicted octanol–water partition coefficient (Wildman–Crippen LogP) is 3.77. The van der Waals surface area contributed by atoms with Crippen LogP contribution in [0.25, 0.3) is 0 Å². The molecule has 0 atom stereocenters. The van der Waals surface area contributed by atoms with E-state index in [1.54, 1.807) is 7.11 Å². The second-order valence-corrected chi connectivity index (χ2v) is 7.40. The van der Waals surface area contributed by atoms with Gasteiger partial charge in [-0.05, 0) is 55.1 Å². The molecule has 2 aromatic carbocycles. The number of para-hydroxylation sites is 1. The molecule has 4 rings (SSSR count). The molecule has 0 aromatic heterocycles. The lowest BCUT2D eigenvalue weighted by atomic mass is 9.71. The zero-order valence-electron chi connectivity index (χ0n) is 15.4. The molecule has 0 saturated carbocycles. The van der Waals surface area contributed by atoms with Gasteiger partial charge < -0.3 is 15.4 Å². The van der Waals surface area contributed by atoms with E-state index in [0.29, 0.717) is 13.2 Å². The van der Waals surface area contributed by atoms with Crippen LogP contribution in [0.2, 0.25) is 0 Å². The molecule has 1 spiro atoms. The predicted molar refractivity (Wildman–Crippen MR) is 107 cm³/mol. The summed E-state index contributed by atoms with van der Waals surface area (Å²) in [6.07, 6.45) is 3.36. The molecular formula is C22H27N3O. The summed E-state index contributed by atoms with van der Waals surface area (Å²) in [7, 11) is 1.73. The second-order valence-electron chi connectivity index (χ2n) is 7.40. The topological polar surface area (TPSA) is 45.6 Å². The third-order valence-electron chi connectivity index (χ3n) is 5.62. The minimum Gasteiger partial charge on any atom is -0.380 e. The highest BCUT2D eigenvalue weighted by atomic mass is 16.5. The van der Waals surface area contributed by atoms with E-state index < -0.39 is 0 Å². The molecule has 0 aliphatic carbocycles. The summed E-state index contributed by atoms with van der Waals surface area (Å²) in [5.74, 6) is 1.17. The second kappa shape index (κ2) is 7.60. The highest BCUT2D eigenvalue weighted by Gasteiger charge is 2.40. The fourth-order valence-corrected chi connectivity index (χ4v) is 4.11. The number of hydrogen-bond acceptors (Lipinski definition) is 3. The standard InChI is InChI=1S/C22H27N3O/c1-26-16-18-8-6-17(7-9-18)15-24-21-22(10-12-23-13-11-22)14-19-4-2-3-5-20(19)25-21/h2-9,23H,10-16H2,1H3,(H,24,25). The van der Waals surface area contributed by atoms with Crippen LogP contribution in [0.1, 0.15) is 29.5 Å². The number of fused-ring (bicyclic) bond motifs is 1. The van der Waals surface area contributed by atoms with Gasteiger partial charge in [-0.3, -0.25) is 4.99 Å². The van der Waals surface area contributed by atoms with Crippen LogP contribution in [0.3, 0.4) is 0 Å². The number of aliphatic imine (C=N–C) groups is 1. The molecule has 1 saturated heterocycles. The summed E-state index contributed by atoms with van der Waals surface area (Å²) in [6.45, 7) is 3.50. The van der Waals surface area contributed by atoms with Crippen LogP contribution < -0.4 is 10.6 Å². The first kappa shape index (κ1) is 17.3. The molecule has 0 amide bonds. The van der Waals surface area contributed by atoms with Crippen LogP contribution in [0, 0.1) is 5.41 Å². The van der Waals surface area contributed by atoms with Crippen molar-refractivity contribution >= 4 is 11.5 Å². The first-order valence-corrected chi connectivity index (χ1v) is 9.46. The van der Waals surface area contributed by atoms with E-state index in [9.17, 15) is 0 Å². The largest absolute Gasteiger partial charge is 0.380 e. The molecule has 0 unspecified atom stereocenters. The fraction of sp³-hybridized carbons (Fsp3) is 0.409. The average Bonchev–Trinajstić information content (AvgIpc) is 2.68. The summed E-state index contributed by atoms with van der Waals surface area (Å²) >= 11 is 0. The Morgan fingerprint density at radius 3 is 2.50 bits per heavy atom. The van der Waals surface area contributed by atoms with Crippen molar-refractivity contribution in [3.05, 3.63) is 65.2 Å². The number of amidine groups is 1. The Labute approximate surface area is 155 Å². The maximum Gasteiger partial charge on any atom is 0.108 e. The first-order chi connectivity index (χ1) is 12.8. The Morgan fingerprint density at radius 1 is 1.00 bits per heavy atom. The van der Waals surface area contributed by atoms with Crippen molar-refractivity contribution in [2.24, 2.45) is 10.4 Å². The van der Waals surface area contributed by atoms with Crippen molar-refractivity contribution < 1.29 is 4.74 Å². The van der Waals surface area contributed by atoms with Crippen molar-refractivity contribution in [1.29, 1.82) is 0 Å². The molecule has 2 aromatic rings. The highest BCUT2D eigenvalue weighted by Crippen LogP contribution is 2.40. The summed E-state index contributed by atoms with van der Waals surface area (Å²) < 4.78 is 5.19. The van der Waals surface area contributed by atoms with E-state index in [1.807, 2.05) is 0 Å². The van der Waals surface area contributed by atoms with Gasteiger partial charge >= 0.3 is 0 Å². The van der Waals surface area contributed by atoms with E-state index in [4.69, 9.17) is 9.73 Å². The van der Waals surface area contributed by atoms with Gasteiger partial charge in [0.2, 0.25) is 0 Å². The lowest BCUT2D eigenvalue weighted by Crippen LogP contribution is -2.48. The number of anilines is 1. The van der Waals surface area contributed by atoms with Crippen LogP contribution in [0.5, 0.6) is 0 Å². The van der Waals surface area contributed by atoms with E-state index in [1.165, 1.54) is 28.2 Å². The molecule has 1 fully saturated rings. The van der Waals surface area contributed by atoms with Gasteiger partial charge in [-0.25, -0.2) is 0 Å². The number of ether oxygens (including phenoxy) is 1. The Hall–Kier alpha value is -2.17. The van der Waals surface area contributed by atoms with Gasteiger partial charge in [0.1, 0.15) is 5.84 Å². The molecule has 0 radical (unpaired) electrons. The average molecular weight is 349 g/mol. The molecule has 4 heteroatoms. The monoisotopic (exact) mass is 349 g/mol. The molecule has 26 heavy (non-hydrogen) atoms. The highest BCUT2D eigenvalue weighted by molar-refractivity contribution is 6.02. The van der Waals surface area contributed by atoms with Gasteiger partial charge in [-0.15, -0.1) is 0 Å². The lowest BCUT2D eigenvalue weighted by molar-refractivity contribution is 0.185. The molecule has 0 bridgehead atoms. The quantitative estimate of drug-likeness (QED) is 0.883. The van der Waals surface area contributed by atoms with Crippen LogP contribution >= 0.6 is 0 Å². The Balaban J connectivity index is 1.58. The van der Waals surface area contributed by atoms with E-state index >= 15 is 0 Å². The van der Waals surface area contributed by atoms with Gasteiger partial charge in [0.25, 0.3) is 0 Å². The zero-order valence-corrected chi connectivity index (χ0v) is 15.4. The number of nitrogens with zero attached hydrogens (tertiary/aromatic N) is 1. The molecule has 2 heterocycles. The lowest BCUT2D eigenvalue weighted by Gasteiger charge is -2.42. The number of methoxy groups -OCH3 is 1. The van der Waals surface area contributed by atoms with Crippen molar-refractivity contribution in [2.45, 2.75) is 32.4 Å². The SMILES string of the molecule is COCc1ccc(CN=C2Nc3ccccc3CC23CCNCC3)cc1. The van der Waals surface area contributed by atoms with Crippen LogP contribution in [-0.2, 0) is 24.3 Å². The molecule has 2 aliphatic rings. The van der Waals surface area contributed by atoms with Crippen molar-refractivity contribution in [3.63, 3.8) is 0 Å².